The maximum absolute atomic E-state index is 13.3. The Labute approximate surface area is 334 Å². The molecule has 18 nitrogen and oxygen atoms in total. The van der Waals surface area contributed by atoms with Gasteiger partial charge in [-0.3, -0.25) is 38.9 Å². The normalized spacial score (nSPS) is 17.3. The van der Waals surface area contributed by atoms with Gasteiger partial charge in [-0.2, -0.15) is 13.5 Å². The van der Waals surface area contributed by atoms with Crippen LogP contribution in [0.15, 0.2) is 35.4 Å². The third-order valence-electron chi connectivity index (χ3n) is 10.6. The SMILES string of the molecule is CC(C)n1nc(S(=O)(=O)NC(=O)Nc2c3c(cc4c2CCC4)CCC3)cc1C(=O)NCCOCCOCCNc1cccc2c1C(=O)N(C1CCC(=O)NC1=O)C2=O. The number of urea groups is 1. The number of aryl methyl sites for hydroxylation is 2. The summed E-state index contributed by atoms with van der Waals surface area (Å²) < 4.78 is 41.1. The van der Waals surface area contributed by atoms with Gasteiger partial charge in [0.25, 0.3) is 27.7 Å². The van der Waals surface area contributed by atoms with Crippen molar-refractivity contribution < 1.29 is 46.7 Å². The smallest absolute Gasteiger partial charge is 0.333 e. The van der Waals surface area contributed by atoms with Gasteiger partial charge in [0.15, 0.2) is 5.03 Å². The maximum Gasteiger partial charge on any atom is 0.333 e. The molecule has 1 atom stereocenters. The van der Waals surface area contributed by atoms with Crippen LogP contribution in [-0.4, -0.2) is 104 Å². The van der Waals surface area contributed by atoms with E-state index in [4.69, 9.17) is 9.47 Å². The second-order valence-electron chi connectivity index (χ2n) is 14.8. The summed E-state index contributed by atoms with van der Waals surface area (Å²) in [7, 11) is -4.42. The Balaban J connectivity index is 0.833. The number of nitrogens with zero attached hydrogens (tertiary/aromatic N) is 3. The van der Waals surface area contributed by atoms with Gasteiger partial charge >= 0.3 is 6.03 Å². The first-order valence-corrected chi connectivity index (χ1v) is 20.9. The number of rotatable bonds is 16. The van der Waals surface area contributed by atoms with Gasteiger partial charge in [0, 0.05) is 43.0 Å². The summed E-state index contributed by atoms with van der Waals surface area (Å²) in [5, 5.41) is 14.5. The summed E-state index contributed by atoms with van der Waals surface area (Å²) in [6, 6.07) is 5.85. The van der Waals surface area contributed by atoms with Gasteiger partial charge in [-0.1, -0.05) is 12.1 Å². The van der Waals surface area contributed by atoms with E-state index in [1.807, 2.05) is 0 Å². The van der Waals surface area contributed by atoms with Gasteiger partial charge in [0.1, 0.15) is 11.7 Å². The number of benzene rings is 2. The van der Waals surface area contributed by atoms with Crippen molar-refractivity contribution in [1.82, 2.24) is 30.0 Å². The average molecular weight is 819 g/mol. The molecule has 2 aliphatic carbocycles. The monoisotopic (exact) mass is 818 g/mol. The number of hydrogen-bond donors (Lipinski definition) is 5. The first-order valence-electron chi connectivity index (χ1n) is 19.5. The van der Waals surface area contributed by atoms with E-state index in [0.29, 0.717) is 17.9 Å². The number of imide groups is 2. The summed E-state index contributed by atoms with van der Waals surface area (Å²) in [6.07, 6.45) is 5.57. The number of piperidine rings is 1. The molecule has 3 aromatic rings. The molecule has 7 rings (SSSR count). The molecule has 1 saturated heterocycles. The van der Waals surface area contributed by atoms with Crippen molar-refractivity contribution in [3.05, 3.63) is 69.4 Å². The summed E-state index contributed by atoms with van der Waals surface area (Å²) in [6.45, 7) is 4.71. The summed E-state index contributed by atoms with van der Waals surface area (Å²) in [5.41, 5.74) is 5.99. The van der Waals surface area contributed by atoms with Gasteiger partial charge in [-0.15, -0.1) is 0 Å². The summed E-state index contributed by atoms with van der Waals surface area (Å²) in [5.74, 6) is -2.89. The van der Waals surface area contributed by atoms with Crippen molar-refractivity contribution in [3.8, 4) is 0 Å². The zero-order chi connectivity index (χ0) is 41.1. The second kappa shape index (κ2) is 17.1. The molecular weight excluding hydrogens is 773 g/mol. The molecule has 1 aromatic heterocycles. The Morgan fingerprint density at radius 1 is 0.897 bits per heavy atom. The molecule has 19 heteroatoms. The maximum atomic E-state index is 13.3. The van der Waals surface area contributed by atoms with Crippen LogP contribution < -0.4 is 26.0 Å². The van der Waals surface area contributed by atoms with E-state index in [1.165, 1.54) is 21.9 Å². The Bertz CT molecular complexity index is 2260. The van der Waals surface area contributed by atoms with Crippen molar-refractivity contribution >= 4 is 57.0 Å². The van der Waals surface area contributed by atoms with E-state index in [0.717, 1.165) is 60.6 Å². The third-order valence-corrected chi connectivity index (χ3v) is 11.8. The molecule has 5 N–H and O–H groups in total. The summed E-state index contributed by atoms with van der Waals surface area (Å²) in [4.78, 5) is 77.3. The molecule has 2 aromatic carbocycles. The van der Waals surface area contributed by atoms with Crippen molar-refractivity contribution in [2.45, 2.75) is 82.3 Å². The minimum absolute atomic E-state index is 0.00382. The fourth-order valence-corrected chi connectivity index (χ4v) is 8.78. The lowest BCUT2D eigenvalue weighted by Crippen LogP contribution is -2.54. The van der Waals surface area contributed by atoms with Gasteiger partial charge in [0.05, 0.1) is 37.6 Å². The highest BCUT2D eigenvalue weighted by Gasteiger charge is 2.45. The summed E-state index contributed by atoms with van der Waals surface area (Å²) >= 11 is 0. The lowest BCUT2D eigenvalue weighted by Gasteiger charge is -2.27. The molecule has 0 spiro atoms. The Morgan fingerprint density at radius 3 is 2.26 bits per heavy atom. The number of nitrogens with one attached hydrogen (secondary N) is 5. The quantitative estimate of drug-likeness (QED) is 0.103. The molecule has 0 saturated carbocycles. The number of carbonyl (C=O) groups is 6. The van der Waals surface area contributed by atoms with Gasteiger partial charge < -0.3 is 25.4 Å². The lowest BCUT2D eigenvalue weighted by atomic mass is 9.99. The first kappa shape index (κ1) is 40.5. The molecule has 0 bridgehead atoms. The number of aromatic nitrogens is 2. The van der Waals surface area contributed by atoms with Crippen molar-refractivity contribution in [3.63, 3.8) is 0 Å². The second-order valence-corrected chi connectivity index (χ2v) is 16.4. The van der Waals surface area contributed by atoms with Crippen molar-refractivity contribution in [1.29, 1.82) is 0 Å². The first-order chi connectivity index (χ1) is 27.8. The molecule has 1 fully saturated rings. The Kier molecular flexibility index (Phi) is 11.9. The van der Waals surface area contributed by atoms with Crippen LogP contribution >= 0.6 is 0 Å². The van der Waals surface area contributed by atoms with E-state index in [-0.39, 0.29) is 68.7 Å². The number of ether oxygens (including phenoxy) is 2. The molecular formula is C39H46N8O10S. The van der Waals surface area contributed by atoms with E-state index in [9.17, 15) is 37.2 Å². The topological polar surface area (TPSA) is 236 Å². The number of sulfonamides is 1. The zero-order valence-electron chi connectivity index (χ0n) is 32.3. The molecule has 3 heterocycles. The van der Waals surface area contributed by atoms with Crippen LogP contribution in [0.3, 0.4) is 0 Å². The van der Waals surface area contributed by atoms with E-state index in [1.54, 1.807) is 26.0 Å². The highest BCUT2D eigenvalue weighted by molar-refractivity contribution is 7.90. The number of amides is 7. The highest BCUT2D eigenvalue weighted by Crippen LogP contribution is 2.39. The largest absolute Gasteiger partial charge is 0.382 e. The van der Waals surface area contributed by atoms with Gasteiger partial charge in [-0.05, 0) is 93.2 Å². The van der Waals surface area contributed by atoms with Gasteiger partial charge in [0.2, 0.25) is 11.8 Å². The van der Waals surface area contributed by atoms with Crippen LogP contribution in [0.5, 0.6) is 0 Å². The molecule has 1 unspecified atom stereocenters. The van der Waals surface area contributed by atoms with Crippen LogP contribution in [0.25, 0.3) is 0 Å². The Morgan fingerprint density at radius 2 is 1.59 bits per heavy atom. The molecule has 58 heavy (non-hydrogen) atoms. The molecule has 7 amide bonds. The number of anilines is 2. The zero-order valence-corrected chi connectivity index (χ0v) is 33.1. The molecule has 2 aliphatic heterocycles. The predicted octanol–water partition coefficient (Wildman–Crippen LogP) is 2.23. The van der Waals surface area contributed by atoms with Crippen molar-refractivity contribution in [2.75, 3.05) is 50.2 Å². The highest BCUT2D eigenvalue weighted by atomic mass is 32.2. The minimum atomic E-state index is -4.42. The fourth-order valence-electron chi connectivity index (χ4n) is 7.92. The average Bonchev–Trinajstić information content (AvgIpc) is 3.99. The number of carbonyl (C=O) groups excluding carboxylic acids is 6. The molecule has 4 aliphatic rings. The third kappa shape index (κ3) is 8.32. The van der Waals surface area contributed by atoms with Crippen LogP contribution in [0, 0.1) is 0 Å². The number of hydrogen-bond acceptors (Lipinski definition) is 12. The molecule has 308 valence electrons. The van der Waals surface area contributed by atoms with E-state index >= 15 is 0 Å². The molecule has 0 radical (unpaired) electrons. The lowest BCUT2D eigenvalue weighted by molar-refractivity contribution is -0.136. The van der Waals surface area contributed by atoms with Crippen LogP contribution in [-0.2, 0) is 54.8 Å². The standard InChI is InChI=1S/C39H46N8O10S/c1-22(2)47-30(21-32(44-47)58(54,55)45-39(53)43-34-25-8-3-6-23(25)20-24-7-4-9-26(24)34)35(49)41-15-17-57-19-18-56-16-14-40-28-11-5-10-27-33(28)38(52)46(37(27)51)29-12-13-31(48)42-36(29)50/h5,10-11,20-22,29,40H,3-4,6-9,12-19H2,1-2H3,(H,41,49)(H,42,48,50)(H2,43,45,53). The minimum Gasteiger partial charge on any atom is -0.382 e. The van der Waals surface area contributed by atoms with E-state index < -0.39 is 56.7 Å². The van der Waals surface area contributed by atoms with Crippen LogP contribution in [0.2, 0.25) is 0 Å². The fraction of sp³-hybridized carbons (Fsp3) is 0.462. The van der Waals surface area contributed by atoms with Crippen LogP contribution in [0.1, 0.15) is 99.0 Å². The van der Waals surface area contributed by atoms with E-state index in [2.05, 4.69) is 37.2 Å². The van der Waals surface area contributed by atoms with Gasteiger partial charge in [-0.25, -0.2) is 9.52 Å². The van der Waals surface area contributed by atoms with Crippen LogP contribution in [0.4, 0.5) is 16.2 Å². The predicted molar refractivity (Wildman–Crippen MR) is 208 cm³/mol. The number of fused-ring (bicyclic) bond motifs is 3. The Hall–Kier alpha value is -5.66. The van der Waals surface area contributed by atoms with Crippen molar-refractivity contribution in [2.24, 2.45) is 0 Å².